The van der Waals surface area contributed by atoms with E-state index in [0.717, 1.165) is 15.0 Å². The van der Waals surface area contributed by atoms with E-state index in [0.29, 0.717) is 28.7 Å². The number of amides is 1. The molecule has 0 aliphatic carbocycles. The summed E-state index contributed by atoms with van der Waals surface area (Å²) in [7, 11) is 3.07. The number of hydrogen-bond acceptors (Lipinski definition) is 9. The molecule has 0 fully saturated rings. The Morgan fingerprint density at radius 2 is 1.93 bits per heavy atom. The number of rotatable bonds is 9. The summed E-state index contributed by atoms with van der Waals surface area (Å²) in [5, 5.41) is 11.8. The lowest BCUT2D eigenvalue weighted by molar-refractivity contribution is -0.118. The zero-order chi connectivity index (χ0) is 20.6. The number of carbonyl (C=O) groups is 1. The highest BCUT2D eigenvalue weighted by Crippen LogP contribution is 2.30. The highest BCUT2D eigenvalue weighted by molar-refractivity contribution is 8.00. The van der Waals surface area contributed by atoms with Crippen LogP contribution in [-0.2, 0) is 10.5 Å². The number of hydrogen-bond donors (Lipinski definition) is 1. The van der Waals surface area contributed by atoms with Crippen LogP contribution in [0, 0.1) is 6.92 Å². The fourth-order valence-electron chi connectivity index (χ4n) is 2.36. The normalized spacial score (nSPS) is 10.4. The first-order valence-corrected chi connectivity index (χ1v) is 10.4. The van der Waals surface area contributed by atoms with Crippen molar-refractivity contribution in [2.24, 2.45) is 0 Å². The summed E-state index contributed by atoms with van der Waals surface area (Å²) in [5.41, 5.74) is 1.36. The van der Waals surface area contributed by atoms with Gasteiger partial charge in [-0.05, 0) is 19.1 Å². The van der Waals surface area contributed by atoms with Gasteiger partial charge in [-0.25, -0.2) is 0 Å². The summed E-state index contributed by atoms with van der Waals surface area (Å²) in [6.07, 6.45) is 1.58. The van der Waals surface area contributed by atoms with Gasteiger partial charge >= 0.3 is 0 Å². The molecule has 0 saturated heterocycles. The Morgan fingerprint density at radius 1 is 1.14 bits per heavy atom. The van der Waals surface area contributed by atoms with Crippen molar-refractivity contribution in [2.45, 2.75) is 17.0 Å². The molecule has 0 spiro atoms. The van der Waals surface area contributed by atoms with Gasteiger partial charge in [-0.3, -0.25) is 9.78 Å². The van der Waals surface area contributed by atoms with E-state index in [-0.39, 0.29) is 12.5 Å². The van der Waals surface area contributed by atoms with Gasteiger partial charge in [-0.15, -0.1) is 10.2 Å². The standard InChI is InChI=1S/C19H20N4O4S2/c1-12-22-23-19(29-12)28-11-13-8-16(17(26-3)9-20-13)27-10-18(24)21-14-6-4-5-7-15(14)25-2/h4-9H,10-11H2,1-3H3,(H,21,24). The number of pyridine rings is 1. The third kappa shape index (κ3) is 5.81. The minimum absolute atomic E-state index is 0.180. The van der Waals surface area contributed by atoms with Crippen LogP contribution in [0.1, 0.15) is 10.7 Å². The minimum Gasteiger partial charge on any atom is -0.495 e. The van der Waals surface area contributed by atoms with Gasteiger partial charge in [-0.2, -0.15) is 0 Å². The Kier molecular flexibility index (Phi) is 7.25. The van der Waals surface area contributed by atoms with Crippen LogP contribution in [0.2, 0.25) is 0 Å². The molecule has 1 N–H and O–H groups in total. The van der Waals surface area contributed by atoms with Gasteiger partial charge in [0.1, 0.15) is 10.8 Å². The van der Waals surface area contributed by atoms with Crippen LogP contribution < -0.4 is 19.5 Å². The topological polar surface area (TPSA) is 95.5 Å². The van der Waals surface area contributed by atoms with Crippen LogP contribution in [0.3, 0.4) is 0 Å². The molecule has 0 bridgehead atoms. The Morgan fingerprint density at radius 3 is 2.66 bits per heavy atom. The average molecular weight is 433 g/mol. The molecule has 0 aliphatic heterocycles. The van der Waals surface area contributed by atoms with E-state index in [1.54, 1.807) is 31.5 Å². The Hall–Kier alpha value is -2.85. The maximum Gasteiger partial charge on any atom is 0.262 e. The molecule has 0 aliphatic rings. The molecule has 0 saturated carbocycles. The summed E-state index contributed by atoms with van der Waals surface area (Å²) < 4.78 is 17.1. The molecule has 8 nitrogen and oxygen atoms in total. The van der Waals surface area contributed by atoms with Crippen molar-refractivity contribution in [3.05, 3.63) is 47.2 Å². The number of nitrogens with one attached hydrogen (secondary N) is 1. The molecule has 1 amide bonds. The predicted molar refractivity (Wildman–Crippen MR) is 112 cm³/mol. The zero-order valence-corrected chi connectivity index (χ0v) is 17.8. The van der Waals surface area contributed by atoms with Crippen molar-refractivity contribution >= 4 is 34.7 Å². The smallest absolute Gasteiger partial charge is 0.262 e. The third-order valence-corrected chi connectivity index (χ3v) is 5.70. The number of benzene rings is 1. The van der Waals surface area contributed by atoms with Crippen LogP contribution in [0.4, 0.5) is 5.69 Å². The minimum atomic E-state index is -0.311. The second kappa shape index (κ2) is 10.1. The highest BCUT2D eigenvalue weighted by Gasteiger charge is 2.12. The van der Waals surface area contributed by atoms with Crippen LogP contribution in [0.15, 0.2) is 40.9 Å². The number of ether oxygens (including phenoxy) is 3. The van der Waals surface area contributed by atoms with Crippen molar-refractivity contribution < 1.29 is 19.0 Å². The molecule has 0 unspecified atom stereocenters. The van der Waals surface area contributed by atoms with Crippen molar-refractivity contribution in [1.82, 2.24) is 15.2 Å². The summed E-state index contributed by atoms with van der Waals surface area (Å²) in [6, 6.07) is 8.93. The molecular formula is C19H20N4O4S2. The number of methoxy groups -OCH3 is 2. The molecule has 10 heteroatoms. The monoisotopic (exact) mass is 432 g/mol. The first kappa shape index (κ1) is 20.9. The Balaban J connectivity index is 1.62. The second-order valence-corrected chi connectivity index (χ2v) is 8.14. The molecule has 1 aromatic carbocycles. The molecule has 2 heterocycles. The number of thioether (sulfide) groups is 1. The third-order valence-electron chi connectivity index (χ3n) is 3.70. The predicted octanol–water partition coefficient (Wildman–Crippen LogP) is 3.57. The summed E-state index contributed by atoms with van der Waals surface area (Å²) in [4.78, 5) is 16.6. The fraction of sp³-hybridized carbons (Fsp3) is 0.263. The SMILES string of the molecule is COc1ccccc1NC(=O)COc1cc(CSc2nnc(C)s2)ncc1OC. The molecule has 3 aromatic rings. The van der Waals surface area contributed by atoms with E-state index >= 15 is 0 Å². The number of para-hydroxylation sites is 2. The van der Waals surface area contributed by atoms with E-state index in [1.165, 1.54) is 30.2 Å². The Labute approximate surface area is 176 Å². The maximum absolute atomic E-state index is 12.3. The summed E-state index contributed by atoms with van der Waals surface area (Å²) in [5.74, 6) is 1.77. The van der Waals surface area contributed by atoms with E-state index in [2.05, 4.69) is 20.5 Å². The molecule has 0 atom stereocenters. The molecular weight excluding hydrogens is 412 g/mol. The van der Waals surface area contributed by atoms with E-state index in [4.69, 9.17) is 14.2 Å². The van der Waals surface area contributed by atoms with Gasteiger partial charge in [0, 0.05) is 11.8 Å². The van der Waals surface area contributed by atoms with Crippen LogP contribution >= 0.6 is 23.1 Å². The van der Waals surface area contributed by atoms with Gasteiger partial charge in [0.2, 0.25) is 0 Å². The van der Waals surface area contributed by atoms with E-state index < -0.39 is 0 Å². The zero-order valence-electron chi connectivity index (χ0n) is 16.2. The number of aryl methyl sites for hydroxylation is 1. The van der Waals surface area contributed by atoms with Gasteiger partial charge in [0.05, 0.1) is 31.8 Å². The fourth-order valence-corrected chi connectivity index (χ4v) is 4.08. The van der Waals surface area contributed by atoms with Crippen molar-refractivity contribution in [3.63, 3.8) is 0 Å². The quantitative estimate of drug-likeness (QED) is 0.513. The number of nitrogens with zero attached hydrogens (tertiary/aromatic N) is 3. The van der Waals surface area contributed by atoms with Gasteiger partial charge < -0.3 is 19.5 Å². The van der Waals surface area contributed by atoms with Crippen LogP contribution in [0.25, 0.3) is 0 Å². The molecule has 152 valence electrons. The molecule has 0 radical (unpaired) electrons. The number of carbonyl (C=O) groups excluding carboxylic acids is 1. The average Bonchev–Trinajstić information content (AvgIpc) is 3.16. The Bertz CT molecular complexity index is 980. The first-order valence-electron chi connectivity index (χ1n) is 8.60. The lowest BCUT2D eigenvalue weighted by Crippen LogP contribution is -2.20. The van der Waals surface area contributed by atoms with Crippen molar-refractivity contribution in [3.8, 4) is 17.2 Å². The van der Waals surface area contributed by atoms with Crippen LogP contribution in [0.5, 0.6) is 17.2 Å². The second-order valence-electron chi connectivity index (χ2n) is 5.74. The van der Waals surface area contributed by atoms with E-state index in [9.17, 15) is 4.79 Å². The first-order chi connectivity index (χ1) is 14.1. The summed E-state index contributed by atoms with van der Waals surface area (Å²) >= 11 is 3.07. The highest BCUT2D eigenvalue weighted by atomic mass is 32.2. The lowest BCUT2D eigenvalue weighted by atomic mass is 10.3. The van der Waals surface area contributed by atoms with Crippen molar-refractivity contribution in [1.29, 1.82) is 0 Å². The number of aromatic nitrogens is 3. The maximum atomic E-state index is 12.3. The van der Waals surface area contributed by atoms with Crippen molar-refractivity contribution in [2.75, 3.05) is 26.1 Å². The molecule has 29 heavy (non-hydrogen) atoms. The van der Waals surface area contributed by atoms with Gasteiger partial charge in [0.15, 0.2) is 22.4 Å². The lowest BCUT2D eigenvalue weighted by Gasteiger charge is -2.13. The van der Waals surface area contributed by atoms with E-state index in [1.807, 2.05) is 19.1 Å². The molecule has 2 aromatic heterocycles. The summed E-state index contributed by atoms with van der Waals surface area (Å²) in [6.45, 7) is 1.73. The number of anilines is 1. The van der Waals surface area contributed by atoms with Crippen LogP contribution in [-0.4, -0.2) is 41.9 Å². The molecule has 3 rings (SSSR count). The van der Waals surface area contributed by atoms with Gasteiger partial charge in [0.25, 0.3) is 5.91 Å². The van der Waals surface area contributed by atoms with Gasteiger partial charge in [-0.1, -0.05) is 35.2 Å². The largest absolute Gasteiger partial charge is 0.495 e.